The molecule has 76 valence electrons. The SMILES string of the molecule is CNC(=O)N(C)c1ccc(Cl)c(Cl)c1. The van der Waals surface area contributed by atoms with E-state index in [1.54, 1.807) is 32.3 Å². The van der Waals surface area contributed by atoms with Crippen LogP contribution in [-0.4, -0.2) is 20.1 Å². The standard InChI is InChI=1S/C9H10Cl2N2O/c1-12-9(14)13(2)6-3-4-7(10)8(11)5-6/h3-5H,1-2H3,(H,12,14). The Morgan fingerprint density at radius 1 is 1.36 bits per heavy atom. The Hall–Kier alpha value is -0.930. The molecule has 0 saturated carbocycles. The zero-order valence-corrected chi connectivity index (χ0v) is 9.36. The number of nitrogens with one attached hydrogen (secondary N) is 1. The van der Waals surface area contributed by atoms with Gasteiger partial charge in [-0.3, -0.25) is 4.90 Å². The normalized spacial score (nSPS) is 9.71. The Balaban J connectivity index is 2.96. The topological polar surface area (TPSA) is 32.3 Å². The molecule has 0 aliphatic carbocycles. The summed E-state index contributed by atoms with van der Waals surface area (Å²) < 4.78 is 0. The van der Waals surface area contributed by atoms with Crippen LogP contribution in [0.3, 0.4) is 0 Å². The average molecular weight is 233 g/mol. The predicted molar refractivity (Wildman–Crippen MR) is 59.3 cm³/mol. The first-order valence-electron chi connectivity index (χ1n) is 3.96. The van der Waals surface area contributed by atoms with Crippen molar-refractivity contribution in [3.8, 4) is 0 Å². The summed E-state index contributed by atoms with van der Waals surface area (Å²) in [5.74, 6) is 0. The zero-order valence-electron chi connectivity index (χ0n) is 7.84. The van der Waals surface area contributed by atoms with Crippen LogP contribution in [0.25, 0.3) is 0 Å². The van der Waals surface area contributed by atoms with Crippen LogP contribution in [0.4, 0.5) is 10.5 Å². The molecule has 0 unspecified atom stereocenters. The van der Waals surface area contributed by atoms with E-state index in [-0.39, 0.29) is 6.03 Å². The van der Waals surface area contributed by atoms with Crippen LogP contribution in [0.5, 0.6) is 0 Å². The van der Waals surface area contributed by atoms with Gasteiger partial charge >= 0.3 is 6.03 Å². The van der Waals surface area contributed by atoms with Crippen LogP contribution in [0.15, 0.2) is 18.2 Å². The molecular weight excluding hydrogens is 223 g/mol. The summed E-state index contributed by atoms with van der Waals surface area (Å²) in [5.41, 5.74) is 0.693. The number of benzene rings is 1. The van der Waals surface area contributed by atoms with E-state index in [4.69, 9.17) is 23.2 Å². The second-order valence-corrected chi connectivity index (χ2v) is 3.53. The smallest absolute Gasteiger partial charge is 0.321 e. The lowest BCUT2D eigenvalue weighted by Crippen LogP contribution is -2.34. The van der Waals surface area contributed by atoms with Crippen LogP contribution in [0.1, 0.15) is 0 Å². The molecule has 1 rings (SSSR count). The van der Waals surface area contributed by atoms with Crippen molar-refractivity contribution >= 4 is 34.9 Å². The fraction of sp³-hybridized carbons (Fsp3) is 0.222. The summed E-state index contributed by atoms with van der Waals surface area (Å²) in [6.07, 6.45) is 0. The summed E-state index contributed by atoms with van der Waals surface area (Å²) in [4.78, 5) is 12.7. The van der Waals surface area contributed by atoms with Gasteiger partial charge in [-0.15, -0.1) is 0 Å². The van der Waals surface area contributed by atoms with Crippen molar-refractivity contribution in [3.63, 3.8) is 0 Å². The third-order valence-electron chi connectivity index (χ3n) is 1.81. The Morgan fingerprint density at radius 3 is 2.50 bits per heavy atom. The minimum atomic E-state index is -0.205. The summed E-state index contributed by atoms with van der Waals surface area (Å²) in [7, 11) is 3.22. The van der Waals surface area contributed by atoms with Gasteiger partial charge in [0.05, 0.1) is 10.0 Å². The first kappa shape index (κ1) is 11.1. The van der Waals surface area contributed by atoms with Gasteiger partial charge in [0.2, 0.25) is 0 Å². The summed E-state index contributed by atoms with van der Waals surface area (Å²) >= 11 is 11.6. The monoisotopic (exact) mass is 232 g/mol. The highest BCUT2D eigenvalue weighted by Crippen LogP contribution is 2.26. The number of carbonyl (C=O) groups is 1. The lowest BCUT2D eigenvalue weighted by Gasteiger charge is -2.16. The predicted octanol–water partition coefficient (Wildman–Crippen LogP) is 2.77. The number of hydrogen-bond donors (Lipinski definition) is 1. The molecule has 1 aromatic rings. The van der Waals surface area contributed by atoms with Crippen molar-refractivity contribution in [2.75, 3.05) is 19.0 Å². The van der Waals surface area contributed by atoms with Crippen molar-refractivity contribution < 1.29 is 4.79 Å². The molecule has 0 fully saturated rings. The van der Waals surface area contributed by atoms with Crippen molar-refractivity contribution in [1.29, 1.82) is 0 Å². The van der Waals surface area contributed by atoms with E-state index < -0.39 is 0 Å². The van der Waals surface area contributed by atoms with Crippen LogP contribution in [0.2, 0.25) is 10.0 Å². The molecule has 0 bridgehead atoms. The maximum atomic E-state index is 11.2. The average Bonchev–Trinajstić information content (AvgIpc) is 2.20. The van der Waals surface area contributed by atoms with Gasteiger partial charge in [-0.25, -0.2) is 4.79 Å². The van der Waals surface area contributed by atoms with Crippen LogP contribution in [0, 0.1) is 0 Å². The number of amides is 2. The van der Waals surface area contributed by atoms with Crippen molar-refractivity contribution in [3.05, 3.63) is 28.2 Å². The highest BCUT2D eigenvalue weighted by Gasteiger charge is 2.09. The minimum absolute atomic E-state index is 0.205. The van der Waals surface area contributed by atoms with E-state index in [0.29, 0.717) is 15.7 Å². The first-order chi connectivity index (χ1) is 6.56. The maximum Gasteiger partial charge on any atom is 0.321 e. The molecule has 1 N–H and O–H groups in total. The van der Waals surface area contributed by atoms with Gasteiger partial charge in [0.1, 0.15) is 0 Å². The molecule has 14 heavy (non-hydrogen) atoms. The van der Waals surface area contributed by atoms with Gasteiger partial charge in [0.25, 0.3) is 0 Å². The molecule has 0 heterocycles. The summed E-state index contributed by atoms with van der Waals surface area (Å²) in [6, 6.07) is 4.81. The fourth-order valence-corrected chi connectivity index (χ4v) is 1.27. The number of urea groups is 1. The Labute approximate surface area is 92.6 Å². The van der Waals surface area contributed by atoms with E-state index in [1.165, 1.54) is 4.90 Å². The molecular formula is C9H10Cl2N2O. The van der Waals surface area contributed by atoms with Gasteiger partial charge in [-0.1, -0.05) is 23.2 Å². The third-order valence-corrected chi connectivity index (χ3v) is 2.55. The van der Waals surface area contributed by atoms with Gasteiger partial charge < -0.3 is 5.32 Å². The van der Waals surface area contributed by atoms with Crippen LogP contribution >= 0.6 is 23.2 Å². The number of anilines is 1. The van der Waals surface area contributed by atoms with E-state index in [1.807, 2.05) is 0 Å². The molecule has 0 aliphatic heterocycles. The Morgan fingerprint density at radius 2 is 2.00 bits per heavy atom. The molecule has 0 atom stereocenters. The number of halogens is 2. The molecule has 5 heteroatoms. The van der Waals surface area contributed by atoms with Crippen molar-refractivity contribution in [1.82, 2.24) is 5.32 Å². The van der Waals surface area contributed by atoms with Crippen molar-refractivity contribution in [2.45, 2.75) is 0 Å². The van der Waals surface area contributed by atoms with Gasteiger partial charge in [-0.2, -0.15) is 0 Å². The number of nitrogens with zero attached hydrogens (tertiary/aromatic N) is 1. The fourth-order valence-electron chi connectivity index (χ4n) is 0.979. The van der Waals surface area contributed by atoms with E-state index in [0.717, 1.165) is 0 Å². The molecule has 0 aromatic heterocycles. The minimum Gasteiger partial charge on any atom is -0.341 e. The molecule has 1 aromatic carbocycles. The molecule has 0 spiro atoms. The van der Waals surface area contributed by atoms with Gasteiger partial charge in [0.15, 0.2) is 0 Å². The summed E-state index contributed by atoms with van der Waals surface area (Å²) in [5, 5.41) is 3.41. The molecule has 0 aliphatic rings. The first-order valence-corrected chi connectivity index (χ1v) is 4.72. The molecule has 2 amide bonds. The highest BCUT2D eigenvalue weighted by atomic mass is 35.5. The Bertz CT molecular complexity index is 355. The highest BCUT2D eigenvalue weighted by molar-refractivity contribution is 6.42. The van der Waals surface area contributed by atoms with E-state index in [9.17, 15) is 4.79 Å². The van der Waals surface area contributed by atoms with Crippen LogP contribution < -0.4 is 10.2 Å². The number of hydrogen-bond acceptors (Lipinski definition) is 1. The Kier molecular flexibility index (Phi) is 3.61. The largest absolute Gasteiger partial charge is 0.341 e. The number of carbonyl (C=O) groups excluding carboxylic acids is 1. The van der Waals surface area contributed by atoms with E-state index >= 15 is 0 Å². The lowest BCUT2D eigenvalue weighted by molar-refractivity contribution is 0.249. The second kappa shape index (κ2) is 4.53. The van der Waals surface area contributed by atoms with Gasteiger partial charge in [-0.05, 0) is 18.2 Å². The second-order valence-electron chi connectivity index (χ2n) is 2.71. The number of rotatable bonds is 1. The van der Waals surface area contributed by atoms with Crippen LogP contribution in [-0.2, 0) is 0 Å². The quantitative estimate of drug-likeness (QED) is 0.794. The third kappa shape index (κ3) is 2.30. The molecule has 3 nitrogen and oxygen atoms in total. The van der Waals surface area contributed by atoms with Crippen molar-refractivity contribution in [2.24, 2.45) is 0 Å². The molecule has 0 saturated heterocycles. The molecule has 0 radical (unpaired) electrons. The lowest BCUT2D eigenvalue weighted by atomic mass is 10.3. The van der Waals surface area contributed by atoms with Gasteiger partial charge in [0, 0.05) is 19.8 Å². The van der Waals surface area contributed by atoms with E-state index in [2.05, 4.69) is 5.32 Å². The zero-order chi connectivity index (χ0) is 10.7. The summed E-state index contributed by atoms with van der Waals surface area (Å²) in [6.45, 7) is 0. The maximum absolute atomic E-state index is 11.2.